The predicted molar refractivity (Wildman–Crippen MR) is 102 cm³/mol. The van der Waals surface area contributed by atoms with Crippen LogP contribution in [0.15, 0.2) is 42.5 Å². The molecule has 1 fully saturated rings. The third-order valence-electron chi connectivity index (χ3n) is 4.99. The second-order valence-corrected chi connectivity index (χ2v) is 6.73. The first kappa shape index (κ1) is 17.4. The van der Waals surface area contributed by atoms with E-state index in [9.17, 15) is 9.59 Å². The van der Waals surface area contributed by atoms with Crippen molar-refractivity contribution in [2.45, 2.75) is 19.8 Å². The van der Waals surface area contributed by atoms with E-state index in [1.54, 1.807) is 11.0 Å². The van der Waals surface area contributed by atoms with Crippen molar-refractivity contribution in [1.29, 1.82) is 0 Å². The van der Waals surface area contributed by atoms with Crippen molar-refractivity contribution in [2.75, 3.05) is 30.0 Å². The van der Waals surface area contributed by atoms with E-state index in [4.69, 9.17) is 9.47 Å². The average molecular weight is 366 g/mol. The maximum absolute atomic E-state index is 12.7. The maximum Gasteiger partial charge on any atom is 0.229 e. The standard InChI is InChI=1S/C21H22N2O4/c1-2-14-5-3-4-6-17(14)22-21(25)15-11-20(24)23(13-15)16-7-8-18-19(12-16)27-10-9-26-18/h3-8,12,15H,2,9-11,13H2,1H3,(H,22,25)/t15-/m1/s1. The summed E-state index contributed by atoms with van der Waals surface area (Å²) >= 11 is 0. The second-order valence-electron chi connectivity index (χ2n) is 6.73. The fraction of sp³-hybridized carbons (Fsp3) is 0.333. The highest BCUT2D eigenvalue weighted by Crippen LogP contribution is 2.36. The lowest BCUT2D eigenvalue weighted by Gasteiger charge is -2.22. The molecule has 2 aliphatic heterocycles. The smallest absolute Gasteiger partial charge is 0.229 e. The number of fused-ring (bicyclic) bond motifs is 1. The molecule has 2 aromatic rings. The van der Waals surface area contributed by atoms with Crippen molar-refractivity contribution in [3.8, 4) is 11.5 Å². The fourth-order valence-corrected chi connectivity index (χ4v) is 3.52. The summed E-state index contributed by atoms with van der Waals surface area (Å²) < 4.78 is 11.1. The fourth-order valence-electron chi connectivity index (χ4n) is 3.52. The number of rotatable bonds is 4. The van der Waals surface area contributed by atoms with Gasteiger partial charge in [-0.2, -0.15) is 0 Å². The number of carbonyl (C=O) groups is 2. The SMILES string of the molecule is CCc1ccccc1NC(=O)[C@@H]1CC(=O)N(c2ccc3c(c2)OCCO3)C1. The molecule has 27 heavy (non-hydrogen) atoms. The number of ether oxygens (including phenoxy) is 2. The zero-order chi connectivity index (χ0) is 18.8. The van der Waals surface area contributed by atoms with Crippen molar-refractivity contribution in [1.82, 2.24) is 0 Å². The molecule has 2 heterocycles. The van der Waals surface area contributed by atoms with Crippen LogP contribution in [0.1, 0.15) is 18.9 Å². The molecule has 0 bridgehead atoms. The molecule has 0 aliphatic carbocycles. The monoisotopic (exact) mass is 366 g/mol. The molecule has 6 nitrogen and oxygen atoms in total. The molecule has 1 atom stereocenters. The molecule has 2 aromatic carbocycles. The van der Waals surface area contributed by atoms with Crippen molar-refractivity contribution in [2.24, 2.45) is 5.92 Å². The van der Waals surface area contributed by atoms with Gasteiger partial charge in [-0.3, -0.25) is 9.59 Å². The van der Waals surface area contributed by atoms with Crippen LogP contribution in [0, 0.1) is 5.92 Å². The summed E-state index contributed by atoms with van der Waals surface area (Å²) in [6, 6.07) is 13.2. The number of para-hydroxylation sites is 1. The quantitative estimate of drug-likeness (QED) is 0.903. The summed E-state index contributed by atoms with van der Waals surface area (Å²) in [6.45, 7) is 3.43. The van der Waals surface area contributed by atoms with Gasteiger partial charge in [-0.15, -0.1) is 0 Å². The van der Waals surface area contributed by atoms with Gasteiger partial charge in [0.15, 0.2) is 11.5 Å². The zero-order valence-corrected chi connectivity index (χ0v) is 15.2. The van der Waals surface area contributed by atoms with Crippen molar-refractivity contribution in [3.63, 3.8) is 0 Å². The third kappa shape index (κ3) is 3.47. The summed E-state index contributed by atoms with van der Waals surface area (Å²) in [7, 11) is 0. The number of benzene rings is 2. The van der Waals surface area contributed by atoms with Gasteiger partial charge < -0.3 is 19.7 Å². The van der Waals surface area contributed by atoms with E-state index in [-0.39, 0.29) is 24.2 Å². The number of hydrogen-bond donors (Lipinski definition) is 1. The van der Waals surface area contributed by atoms with Crippen LogP contribution in [0.5, 0.6) is 11.5 Å². The van der Waals surface area contributed by atoms with Gasteiger partial charge in [0.1, 0.15) is 13.2 Å². The van der Waals surface area contributed by atoms with Crippen LogP contribution in [0.3, 0.4) is 0 Å². The lowest BCUT2D eigenvalue weighted by Crippen LogP contribution is -2.28. The van der Waals surface area contributed by atoms with Gasteiger partial charge in [-0.05, 0) is 30.2 Å². The van der Waals surface area contributed by atoms with Crippen LogP contribution in [0.25, 0.3) is 0 Å². The summed E-state index contributed by atoms with van der Waals surface area (Å²) in [5, 5.41) is 2.98. The molecule has 0 spiro atoms. The minimum absolute atomic E-state index is 0.0596. The van der Waals surface area contributed by atoms with Crippen LogP contribution >= 0.6 is 0 Å². The Morgan fingerprint density at radius 1 is 1.15 bits per heavy atom. The topological polar surface area (TPSA) is 67.9 Å². The molecule has 2 amide bonds. The average Bonchev–Trinajstić information content (AvgIpc) is 3.10. The molecule has 0 saturated carbocycles. The summed E-state index contributed by atoms with van der Waals surface area (Å²) in [4.78, 5) is 26.9. The number of amides is 2. The van der Waals surface area contributed by atoms with Gasteiger partial charge in [0, 0.05) is 30.4 Å². The summed E-state index contributed by atoms with van der Waals surface area (Å²) in [5.41, 5.74) is 2.63. The largest absolute Gasteiger partial charge is 0.486 e. The second kappa shape index (κ2) is 7.31. The molecule has 0 radical (unpaired) electrons. The Labute approximate surface area is 158 Å². The molecule has 0 aromatic heterocycles. The number of aryl methyl sites for hydroxylation is 1. The van der Waals surface area contributed by atoms with E-state index in [0.717, 1.165) is 23.4 Å². The van der Waals surface area contributed by atoms with Crippen LogP contribution in [0.4, 0.5) is 11.4 Å². The van der Waals surface area contributed by atoms with Crippen LogP contribution in [-0.4, -0.2) is 31.6 Å². The van der Waals surface area contributed by atoms with Crippen molar-refractivity contribution in [3.05, 3.63) is 48.0 Å². The third-order valence-corrected chi connectivity index (χ3v) is 4.99. The lowest BCUT2D eigenvalue weighted by molar-refractivity contribution is -0.122. The first-order valence-corrected chi connectivity index (χ1v) is 9.24. The Kier molecular flexibility index (Phi) is 4.71. The highest BCUT2D eigenvalue weighted by Gasteiger charge is 2.35. The Morgan fingerprint density at radius 2 is 1.93 bits per heavy atom. The van der Waals surface area contributed by atoms with Gasteiger partial charge in [0.05, 0.1) is 5.92 Å². The molecule has 4 rings (SSSR count). The van der Waals surface area contributed by atoms with Crippen LogP contribution in [0.2, 0.25) is 0 Å². The van der Waals surface area contributed by atoms with E-state index < -0.39 is 0 Å². The van der Waals surface area contributed by atoms with E-state index in [1.165, 1.54) is 0 Å². The first-order chi connectivity index (χ1) is 13.2. The molecule has 0 unspecified atom stereocenters. The molecular formula is C21H22N2O4. The Hall–Kier alpha value is -3.02. The van der Waals surface area contributed by atoms with E-state index in [1.807, 2.05) is 43.3 Å². The number of nitrogens with one attached hydrogen (secondary N) is 1. The zero-order valence-electron chi connectivity index (χ0n) is 15.2. The molecular weight excluding hydrogens is 344 g/mol. The maximum atomic E-state index is 12.7. The van der Waals surface area contributed by atoms with Gasteiger partial charge in [0.25, 0.3) is 0 Å². The highest BCUT2D eigenvalue weighted by molar-refractivity contribution is 6.03. The summed E-state index contributed by atoms with van der Waals surface area (Å²) in [5.74, 6) is 0.758. The minimum atomic E-state index is -0.379. The number of anilines is 2. The van der Waals surface area contributed by atoms with E-state index in [2.05, 4.69) is 5.32 Å². The number of carbonyl (C=O) groups excluding carboxylic acids is 2. The lowest BCUT2D eigenvalue weighted by atomic mass is 10.1. The summed E-state index contributed by atoms with van der Waals surface area (Å²) in [6.07, 6.45) is 1.04. The van der Waals surface area contributed by atoms with Gasteiger partial charge in [-0.25, -0.2) is 0 Å². The van der Waals surface area contributed by atoms with Crippen LogP contribution < -0.4 is 19.7 Å². The molecule has 2 aliphatic rings. The Balaban J connectivity index is 1.48. The molecule has 140 valence electrons. The van der Waals surface area contributed by atoms with Gasteiger partial charge >= 0.3 is 0 Å². The number of hydrogen-bond acceptors (Lipinski definition) is 4. The van der Waals surface area contributed by atoms with Crippen molar-refractivity contribution >= 4 is 23.2 Å². The van der Waals surface area contributed by atoms with Gasteiger partial charge in [-0.1, -0.05) is 25.1 Å². The predicted octanol–water partition coefficient (Wildman–Crippen LogP) is 3.01. The molecule has 1 saturated heterocycles. The Morgan fingerprint density at radius 3 is 2.74 bits per heavy atom. The first-order valence-electron chi connectivity index (χ1n) is 9.24. The molecule has 6 heteroatoms. The van der Waals surface area contributed by atoms with E-state index >= 15 is 0 Å². The number of nitrogens with zero attached hydrogens (tertiary/aromatic N) is 1. The van der Waals surface area contributed by atoms with E-state index in [0.29, 0.717) is 31.3 Å². The Bertz CT molecular complexity index is 880. The van der Waals surface area contributed by atoms with Crippen molar-refractivity contribution < 1.29 is 19.1 Å². The van der Waals surface area contributed by atoms with Crippen LogP contribution in [-0.2, 0) is 16.0 Å². The normalized spacial score (nSPS) is 18.5. The minimum Gasteiger partial charge on any atom is -0.486 e. The van der Waals surface area contributed by atoms with Gasteiger partial charge in [0.2, 0.25) is 11.8 Å². The highest BCUT2D eigenvalue weighted by atomic mass is 16.6. The molecule has 1 N–H and O–H groups in total.